The predicted octanol–water partition coefficient (Wildman–Crippen LogP) is 5.64. The predicted molar refractivity (Wildman–Crippen MR) is 231 cm³/mol. The van der Waals surface area contributed by atoms with E-state index in [-0.39, 0.29) is 6.10 Å². The number of benzene rings is 6. The molecule has 54 heavy (non-hydrogen) atoms. The van der Waals surface area contributed by atoms with Crippen LogP contribution >= 0.6 is 0 Å². The van der Waals surface area contributed by atoms with Gasteiger partial charge >= 0.3 is 42.8 Å². The van der Waals surface area contributed by atoms with Crippen LogP contribution in [0.5, 0.6) is 0 Å². The van der Waals surface area contributed by atoms with Crippen molar-refractivity contribution in [1.82, 2.24) is 0 Å². The summed E-state index contributed by atoms with van der Waals surface area (Å²) in [6.45, 7) is 11.7. The van der Waals surface area contributed by atoms with E-state index in [4.69, 9.17) is 20.9 Å². The molecule has 278 valence electrons. The zero-order chi connectivity index (χ0) is 38.3. The topological polar surface area (TPSA) is 66.4 Å². The van der Waals surface area contributed by atoms with Crippen molar-refractivity contribution in [3.05, 3.63) is 182 Å². The molecule has 1 N–H and O–H groups in total. The van der Waals surface area contributed by atoms with E-state index < -0.39 is 42.8 Å². The second kappa shape index (κ2) is 16.9. The second-order valence-corrected chi connectivity index (χ2v) is 30.8. The number of hydrogen-bond acceptors (Lipinski definition) is 6. The summed E-state index contributed by atoms with van der Waals surface area (Å²) in [4.78, 5) is 11.2. The van der Waals surface area contributed by atoms with Crippen molar-refractivity contribution < 1.29 is 25.7 Å². The molecular formula is C43H50O6Si5. The monoisotopic (exact) mass is 802 g/mol. The van der Waals surface area contributed by atoms with Gasteiger partial charge in [-0.15, -0.1) is 0 Å². The molecule has 6 aromatic carbocycles. The maximum atomic E-state index is 11.2. The van der Waals surface area contributed by atoms with Gasteiger partial charge in [-0.2, -0.15) is 0 Å². The quantitative estimate of drug-likeness (QED) is 0.128. The number of hydrogen-bond donors (Lipinski definition) is 1. The van der Waals surface area contributed by atoms with Crippen LogP contribution in [0.1, 0.15) is 13.8 Å². The Labute approximate surface area is 326 Å². The Morgan fingerprint density at radius 2 is 0.593 bits per heavy atom. The van der Waals surface area contributed by atoms with E-state index in [0.717, 1.165) is 31.1 Å². The lowest BCUT2D eigenvalue weighted by Crippen LogP contribution is -2.81. The largest absolute Gasteiger partial charge is 0.415 e. The van der Waals surface area contributed by atoms with E-state index in [2.05, 4.69) is 86.6 Å². The third-order valence-corrected chi connectivity index (χ3v) is 27.8. The van der Waals surface area contributed by atoms with Crippen molar-refractivity contribution in [2.75, 3.05) is 0 Å². The molecule has 0 aliphatic rings. The Kier molecular flexibility index (Phi) is 12.5. The summed E-state index contributed by atoms with van der Waals surface area (Å²) in [5.74, 6) is 0. The van der Waals surface area contributed by atoms with Gasteiger partial charge in [-0.1, -0.05) is 182 Å². The molecule has 0 unspecified atom stereocenters. The maximum Gasteiger partial charge on any atom is 0.398 e. The van der Waals surface area contributed by atoms with Crippen LogP contribution in [0.25, 0.3) is 0 Å². The van der Waals surface area contributed by atoms with Gasteiger partial charge in [0.15, 0.2) is 0 Å². The lowest BCUT2D eigenvalue weighted by Gasteiger charge is -2.48. The molecular weight excluding hydrogens is 753 g/mol. The Morgan fingerprint density at radius 1 is 0.352 bits per heavy atom. The van der Waals surface area contributed by atoms with Crippen molar-refractivity contribution in [3.63, 3.8) is 0 Å². The van der Waals surface area contributed by atoms with E-state index in [9.17, 15) is 4.80 Å². The van der Waals surface area contributed by atoms with Crippen LogP contribution in [-0.2, 0) is 20.9 Å². The minimum Gasteiger partial charge on any atom is -0.415 e. The fraction of sp³-hybridized carbons (Fsp3) is 0.163. The fourth-order valence-corrected chi connectivity index (χ4v) is 30.0. The summed E-state index contributed by atoms with van der Waals surface area (Å²) in [6, 6.07) is 61.8. The average Bonchev–Trinajstić information content (AvgIpc) is 3.18. The molecule has 0 aromatic heterocycles. The summed E-state index contributed by atoms with van der Waals surface area (Å²) in [7, 11) is -17.7. The lowest BCUT2D eigenvalue weighted by atomic mass is 10.4. The molecule has 6 rings (SSSR count). The molecule has 0 fully saturated rings. The normalized spacial score (nSPS) is 12.9. The van der Waals surface area contributed by atoms with Crippen molar-refractivity contribution >= 4 is 73.9 Å². The Bertz CT molecular complexity index is 1920. The van der Waals surface area contributed by atoms with Gasteiger partial charge in [0.1, 0.15) is 0 Å². The van der Waals surface area contributed by atoms with Crippen LogP contribution in [0.3, 0.4) is 0 Å². The lowest BCUT2D eigenvalue weighted by molar-refractivity contribution is 0.188. The van der Waals surface area contributed by atoms with Crippen molar-refractivity contribution in [2.24, 2.45) is 0 Å². The third kappa shape index (κ3) is 8.99. The van der Waals surface area contributed by atoms with Crippen molar-refractivity contribution in [2.45, 2.75) is 46.1 Å². The molecule has 0 radical (unpaired) electrons. The van der Waals surface area contributed by atoms with Crippen LogP contribution in [0.4, 0.5) is 0 Å². The van der Waals surface area contributed by atoms with E-state index in [1.54, 1.807) is 13.1 Å². The van der Waals surface area contributed by atoms with Gasteiger partial charge in [-0.3, -0.25) is 0 Å². The average molecular weight is 803 g/mol. The molecule has 0 aliphatic heterocycles. The first kappa shape index (κ1) is 39.8. The maximum absolute atomic E-state index is 11.2. The highest BCUT2D eigenvalue weighted by Crippen LogP contribution is 2.28. The molecule has 0 atom stereocenters. The molecule has 6 aromatic rings. The van der Waals surface area contributed by atoms with Crippen LogP contribution in [0.15, 0.2) is 182 Å². The van der Waals surface area contributed by atoms with Gasteiger partial charge in [0.05, 0.1) is 0 Å². The highest BCUT2D eigenvalue weighted by Gasteiger charge is 2.61. The van der Waals surface area contributed by atoms with E-state index in [1.165, 1.54) is 0 Å². The first-order valence-corrected chi connectivity index (χ1v) is 29.5. The van der Waals surface area contributed by atoms with Gasteiger partial charge in [-0.05, 0) is 71.2 Å². The highest BCUT2D eigenvalue weighted by molar-refractivity contribution is 7.10. The summed E-state index contributed by atoms with van der Waals surface area (Å²) in [5.41, 5.74) is 0. The van der Waals surface area contributed by atoms with Crippen LogP contribution in [-0.4, -0.2) is 53.7 Å². The van der Waals surface area contributed by atoms with Gasteiger partial charge < -0.3 is 25.7 Å². The molecule has 0 saturated heterocycles. The molecule has 6 nitrogen and oxygen atoms in total. The van der Waals surface area contributed by atoms with Gasteiger partial charge in [0, 0.05) is 6.10 Å². The van der Waals surface area contributed by atoms with E-state index in [1.807, 2.05) is 122 Å². The zero-order valence-corrected chi connectivity index (χ0v) is 36.9. The van der Waals surface area contributed by atoms with Crippen LogP contribution in [0, 0.1) is 0 Å². The third-order valence-electron chi connectivity index (χ3n) is 8.78. The van der Waals surface area contributed by atoms with Gasteiger partial charge in [-0.25, -0.2) is 0 Å². The molecule has 11 heteroatoms. The molecule has 0 saturated carbocycles. The van der Waals surface area contributed by atoms with Gasteiger partial charge in [0.25, 0.3) is 0 Å². The van der Waals surface area contributed by atoms with Crippen LogP contribution < -0.4 is 31.1 Å². The smallest absolute Gasteiger partial charge is 0.398 e. The zero-order valence-electron chi connectivity index (χ0n) is 31.9. The van der Waals surface area contributed by atoms with Crippen LogP contribution in [0.2, 0.25) is 26.2 Å². The summed E-state index contributed by atoms with van der Waals surface area (Å²) in [6.07, 6.45) is -0.187. The first-order valence-electron chi connectivity index (χ1n) is 18.4. The summed E-state index contributed by atoms with van der Waals surface area (Å²) < 4.78 is 38.0. The molecule has 0 amide bonds. The van der Waals surface area contributed by atoms with Crippen molar-refractivity contribution in [3.8, 4) is 0 Å². The Balaban J connectivity index is 1.75. The summed E-state index contributed by atoms with van der Waals surface area (Å²) >= 11 is 0. The van der Waals surface area contributed by atoms with E-state index >= 15 is 0 Å². The highest BCUT2D eigenvalue weighted by atomic mass is 28.5. The van der Waals surface area contributed by atoms with E-state index in [0.29, 0.717) is 0 Å². The minimum atomic E-state index is -3.99. The SMILES string of the molecule is CC(C)O[Si](O[Si](O[Si](O[Si](C)(C)O[Si](C)(C)O)(c1ccccc1)c1ccccc1)(c1ccccc1)c1ccccc1)(c1ccccc1)c1ccccc1. The fourth-order valence-electron chi connectivity index (χ4n) is 6.94. The van der Waals surface area contributed by atoms with Crippen molar-refractivity contribution in [1.29, 1.82) is 0 Å². The standard InChI is InChI=1S/C43H50O6Si5/c1-37(2)45-52(38-25-13-7-14-26-38,39-27-15-8-16-28-39)48-54(42-33-21-11-22-34-42,43-35-23-12-24-36-43)49-53(40-29-17-9-18-30-40,41-31-19-10-20-32-41)47-51(5,6)46-50(3,4)44/h7-37,44H,1-6H3. The Morgan fingerprint density at radius 3 is 0.852 bits per heavy atom. The van der Waals surface area contributed by atoms with Gasteiger partial charge in [0.2, 0.25) is 0 Å². The molecule has 0 spiro atoms. The molecule has 0 heterocycles. The molecule has 0 bridgehead atoms. The number of rotatable bonds is 16. The Hall–Kier alpha value is -3.84. The second-order valence-electron chi connectivity index (χ2n) is 14.5. The minimum absolute atomic E-state index is 0.187. The molecule has 0 aliphatic carbocycles. The first-order chi connectivity index (χ1) is 25.9. The summed E-state index contributed by atoms with van der Waals surface area (Å²) in [5, 5.41) is 5.57.